The first-order valence-electron chi connectivity index (χ1n) is 6.61. The highest BCUT2D eigenvalue weighted by Gasteiger charge is 2.39. The smallest absolute Gasteiger partial charge is 0.423 e. The molecule has 0 atom stereocenters. The number of anilines is 1. The lowest BCUT2D eigenvalue weighted by molar-refractivity contribution is -0.113. The number of hydrogen-bond donors (Lipinski definition) is 3. The van der Waals surface area contributed by atoms with Crippen molar-refractivity contribution >= 4 is 40.1 Å². The van der Waals surface area contributed by atoms with Gasteiger partial charge in [-0.2, -0.15) is 0 Å². The lowest BCUT2D eigenvalue weighted by atomic mass is 9.76. The average molecular weight is 358 g/mol. The number of nitrogens with one attached hydrogen (secondary N) is 1. The van der Waals surface area contributed by atoms with Crippen LogP contribution in [0.15, 0.2) is 24.3 Å². The largest absolute Gasteiger partial charge is 0.491 e. The van der Waals surface area contributed by atoms with Crippen molar-refractivity contribution in [2.24, 2.45) is 0 Å². The highest BCUT2D eigenvalue weighted by atomic mass is 79.9. The molecular formula is C14H21BBrNO4. The minimum atomic E-state index is -1.16. The number of halogens is 1. The number of rotatable bonds is 6. The number of carbonyl (C=O) groups is 1. The molecule has 0 saturated heterocycles. The summed E-state index contributed by atoms with van der Waals surface area (Å²) < 4.78 is 5.54. The van der Waals surface area contributed by atoms with Crippen LogP contribution in [-0.2, 0) is 9.45 Å². The second-order valence-electron chi connectivity index (χ2n) is 5.84. The molecule has 0 unspecified atom stereocenters. The zero-order valence-corrected chi connectivity index (χ0v) is 14.3. The molecule has 1 aromatic rings. The minimum absolute atomic E-state index is 0.150. The van der Waals surface area contributed by atoms with Gasteiger partial charge in [0.2, 0.25) is 5.91 Å². The summed E-state index contributed by atoms with van der Waals surface area (Å²) in [4.78, 5) is 11.2. The second kappa shape index (κ2) is 6.92. The molecule has 21 heavy (non-hydrogen) atoms. The van der Waals surface area contributed by atoms with Gasteiger partial charge in [-0.05, 0) is 45.3 Å². The summed E-state index contributed by atoms with van der Waals surface area (Å²) in [5.74, 6) is -0.150. The SMILES string of the molecule is CC(C)(O)C(C)(C)OB(O)c1ccc(NC(=O)CBr)cc1. The summed E-state index contributed by atoms with van der Waals surface area (Å²) in [5.41, 5.74) is -0.839. The quantitative estimate of drug-likeness (QED) is 0.529. The molecule has 0 aromatic heterocycles. The van der Waals surface area contributed by atoms with Crippen LogP contribution in [0.3, 0.4) is 0 Å². The Morgan fingerprint density at radius 2 is 1.81 bits per heavy atom. The summed E-state index contributed by atoms with van der Waals surface area (Å²) >= 11 is 3.07. The standard InChI is InChI=1S/C14H21BBrNO4/c1-13(2,19)14(3,4)21-15(20)10-5-7-11(8-6-10)17-12(18)9-16/h5-8,19-20H,9H2,1-4H3,(H,17,18). The van der Waals surface area contributed by atoms with Gasteiger partial charge in [0, 0.05) is 5.69 Å². The van der Waals surface area contributed by atoms with E-state index in [1.807, 2.05) is 0 Å². The van der Waals surface area contributed by atoms with Crippen molar-refractivity contribution in [1.29, 1.82) is 0 Å². The van der Waals surface area contributed by atoms with Crippen LogP contribution in [0.2, 0.25) is 0 Å². The number of alkyl halides is 1. The van der Waals surface area contributed by atoms with Crippen molar-refractivity contribution in [2.45, 2.75) is 38.9 Å². The molecule has 1 amide bonds. The maximum absolute atomic E-state index is 11.2. The fourth-order valence-electron chi connectivity index (χ4n) is 1.42. The highest BCUT2D eigenvalue weighted by Crippen LogP contribution is 2.25. The van der Waals surface area contributed by atoms with Gasteiger partial charge in [-0.3, -0.25) is 4.79 Å². The van der Waals surface area contributed by atoms with Gasteiger partial charge in [0.1, 0.15) is 0 Å². The van der Waals surface area contributed by atoms with Crippen LogP contribution in [-0.4, -0.2) is 39.7 Å². The zero-order chi connectivity index (χ0) is 16.3. The molecule has 0 saturated carbocycles. The van der Waals surface area contributed by atoms with E-state index in [0.29, 0.717) is 11.2 Å². The Labute approximate surface area is 134 Å². The van der Waals surface area contributed by atoms with Gasteiger partial charge in [-0.25, -0.2) is 0 Å². The molecule has 0 aliphatic rings. The fraction of sp³-hybridized carbons (Fsp3) is 0.500. The van der Waals surface area contributed by atoms with E-state index in [0.717, 1.165) is 0 Å². The van der Waals surface area contributed by atoms with Gasteiger partial charge >= 0.3 is 7.12 Å². The highest BCUT2D eigenvalue weighted by molar-refractivity contribution is 9.09. The van der Waals surface area contributed by atoms with Gasteiger partial charge in [0.25, 0.3) is 0 Å². The molecule has 7 heteroatoms. The first kappa shape index (κ1) is 18.2. The number of amides is 1. The third kappa shape index (κ3) is 5.11. The van der Waals surface area contributed by atoms with Crippen LogP contribution in [0.5, 0.6) is 0 Å². The number of aliphatic hydroxyl groups is 1. The molecule has 0 aliphatic carbocycles. The topological polar surface area (TPSA) is 78.8 Å². The molecule has 1 rings (SSSR count). The van der Waals surface area contributed by atoms with Crippen molar-refractivity contribution in [3.05, 3.63) is 24.3 Å². The zero-order valence-electron chi connectivity index (χ0n) is 12.7. The molecular weight excluding hydrogens is 337 g/mol. The monoisotopic (exact) mass is 357 g/mol. The van der Waals surface area contributed by atoms with Crippen molar-refractivity contribution < 1.29 is 19.6 Å². The van der Waals surface area contributed by atoms with Crippen molar-refractivity contribution in [2.75, 3.05) is 10.6 Å². The van der Waals surface area contributed by atoms with E-state index >= 15 is 0 Å². The van der Waals surface area contributed by atoms with Gasteiger partial charge in [-0.15, -0.1) is 0 Å². The van der Waals surface area contributed by atoms with Gasteiger partial charge in [0.15, 0.2) is 0 Å². The van der Waals surface area contributed by atoms with Crippen molar-refractivity contribution in [3.8, 4) is 0 Å². The van der Waals surface area contributed by atoms with E-state index in [1.165, 1.54) is 0 Å². The first-order valence-corrected chi connectivity index (χ1v) is 7.73. The Morgan fingerprint density at radius 3 is 2.24 bits per heavy atom. The number of benzene rings is 1. The molecule has 0 spiro atoms. The van der Waals surface area contributed by atoms with E-state index in [4.69, 9.17) is 4.65 Å². The lowest BCUT2D eigenvalue weighted by Gasteiger charge is -2.38. The van der Waals surface area contributed by atoms with Gasteiger partial charge < -0.3 is 20.1 Å². The van der Waals surface area contributed by atoms with E-state index < -0.39 is 18.3 Å². The van der Waals surface area contributed by atoms with Crippen LogP contribution >= 0.6 is 15.9 Å². The van der Waals surface area contributed by atoms with Crippen LogP contribution in [0, 0.1) is 0 Å². The van der Waals surface area contributed by atoms with Crippen molar-refractivity contribution in [3.63, 3.8) is 0 Å². The summed E-state index contributed by atoms with van der Waals surface area (Å²) in [6, 6.07) is 6.68. The molecule has 0 bridgehead atoms. The molecule has 3 N–H and O–H groups in total. The van der Waals surface area contributed by atoms with Gasteiger partial charge in [-0.1, -0.05) is 28.1 Å². The van der Waals surface area contributed by atoms with E-state index in [-0.39, 0.29) is 11.2 Å². The second-order valence-corrected chi connectivity index (χ2v) is 6.40. The summed E-state index contributed by atoms with van der Waals surface area (Å²) in [6.45, 7) is 6.67. The predicted molar refractivity (Wildman–Crippen MR) is 87.9 cm³/mol. The summed E-state index contributed by atoms with van der Waals surface area (Å²) in [5, 5.41) is 23.0. The molecule has 116 valence electrons. The summed E-state index contributed by atoms with van der Waals surface area (Å²) in [7, 11) is -1.16. The van der Waals surface area contributed by atoms with Crippen LogP contribution in [0.4, 0.5) is 5.69 Å². The number of hydrogen-bond acceptors (Lipinski definition) is 4. The fourth-order valence-corrected chi connectivity index (χ4v) is 1.56. The van der Waals surface area contributed by atoms with E-state index in [9.17, 15) is 14.9 Å². The molecule has 0 radical (unpaired) electrons. The maximum atomic E-state index is 11.2. The number of carbonyl (C=O) groups excluding carboxylic acids is 1. The van der Waals surface area contributed by atoms with Crippen LogP contribution in [0.25, 0.3) is 0 Å². The summed E-state index contributed by atoms with van der Waals surface area (Å²) in [6.07, 6.45) is 0. The maximum Gasteiger partial charge on any atom is 0.491 e. The third-order valence-electron chi connectivity index (χ3n) is 3.48. The van der Waals surface area contributed by atoms with E-state index in [2.05, 4.69) is 21.2 Å². The van der Waals surface area contributed by atoms with Crippen molar-refractivity contribution in [1.82, 2.24) is 0 Å². The molecule has 5 nitrogen and oxygen atoms in total. The minimum Gasteiger partial charge on any atom is -0.423 e. The Morgan fingerprint density at radius 1 is 1.29 bits per heavy atom. The van der Waals surface area contributed by atoms with Gasteiger partial charge in [0.05, 0.1) is 16.5 Å². The Balaban J connectivity index is 2.76. The molecule has 0 heterocycles. The average Bonchev–Trinajstić information content (AvgIpc) is 2.37. The third-order valence-corrected chi connectivity index (χ3v) is 3.99. The molecule has 0 aliphatic heterocycles. The van der Waals surface area contributed by atoms with E-state index in [1.54, 1.807) is 52.0 Å². The Bertz CT molecular complexity index is 485. The predicted octanol–water partition coefficient (Wildman–Crippen LogP) is 1.27. The first-order chi connectivity index (χ1) is 9.56. The van der Waals surface area contributed by atoms with Crippen LogP contribution < -0.4 is 10.8 Å². The normalized spacial score (nSPS) is 12.1. The molecule has 1 aromatic carbocycles. The lowest BCUT2D eigenvalue weighted by Crippen LogP contribution is -2.53. The van der Waals surface area contributed by atoms with Crippen LogP contribution in [0.1, 0.15) is 27.7 Å². The Kier molecular flexibility index (Phi) is 5.98. The molecule has 0 fully saturated rings. The Hall–Kier alpha value is -0.885.